The number of aromatic nitrogens is 3. The fraction of sp³-hybridized carbons (Fsp3) is 0.583. The molecule has 2 saturated heterocycles. The molecular weight excluding hydrogens is 691 g/mol. The molecule has 2 aliphatic heterocycles. The summed E-state index contributed by atoms with van der Waals surface area (Å²) in [4.78, 5) is 4.29. The Hall–Kier alpha value is -3.50. The lowest BCUT2D eigenvalue weighted by molar-refractivity contribution is -0.292. The molecule has 2 aliphatic rings. The van der Waals surface area contributed by atoms with Gasteiger partial charge in [-0.1, -0.05) is 23.4 Å². The van der Waals surface area contributed by atoms with Crippen LogP contribution in [0.25, 0.3) is 16.8 Å². The number of piperazine rings is 1. The van der Waals surface area contributed by atoms with E-state index in [9.17, 15) is 29.0 Å². The van der Waals surface area contributed by atoms with Crippen LogP contribution in [0.5, 0.6) is 0 Å². The number of hydrogen-bond donors (Lipinski definition) is 4. The van der Waals surface area contributed by atoms with E-state index in [0.717, 1.165) is 42.6 Å². The Morgan fingerprint density at radius 3 is 2.44 bits per heavy atom. The molecule has 15 nitrogen and oxygen atoms in total. The number of aliphatic hydroxyl groups excluding tert-OH is 3. The molecule has 0 unspecified atom stereocenters. The molecule has 0 amide bonds. The van der Waals surface area contributed by atoms with Crippen molar-refractivity contribution in [1.29, 1.82) is 5.26 Å². The number of aliphatic hydroxyl groups is 3. The minimum Gasteiger partial charge on any atom is -0.388 e. The monoisotopic (exact) mass is 741 g/mol. The number of nitrogens with one attached hydrogen (secondary N) is 1. The highest BCUT2D eigenvalue weighted by atomic mass is 32.2. The van der Waals surface area contributed by atoms with E-state index in [1.807, 2.05) is 44.2 Å². The maximum Gasteiger partial charge on any atom is 0.251 e. The summed E-state index contributed by atoms with van der Waals surface area (Å²) in [5.41, 5.74) is 0.739. The van der Waals surface area contributed by atoms with Crippen LogP contribution in [-0.4, -0.2) is 132 Å². The lowest BCUT2D eigenvalue weighted by atomic mass is 9.99. The molecule has 0 saturated carbocycles. The van der Waals surface area contributed by atoms with Gasteiger partial charge < -0.3 is 39.3 Å². The summed E-state index contributed by atoms with van der Waals surface area (Å²) >= 11 is 0. The Balaban J connectivity index is 1.14. The predicted molar refractivity (Wildman–Crippen MR) is 195 cm³/mol. The highest BCUT2D eigenvalue weighted by Crippen LogP contribution is 2.27. The Kier molecular flexibility index (Phi) is 12.4. The zero-order valence-electron chi connectivity index (χ0n) is 30.6. The van der Waals surface area contributed by atoms with E-state index < -0.39 is 51.9 Å². The molecule has 5 atom stereocenters. The van der Waals surface area contributed by atoms with Crippen LogP contribution in [0.1, 0.15) is 45.4 Å². The van der Waals surface area contributed by atoms with Gasteiger partial charge in [-0.2, -0.15) is 5.26 Å². The number of likely N-dealkylation sites (N-methyl/N-ethyl adjacent to an activating group) is 1. The van der Waals surface area contributed by atoms with E-state index in [1.54, 1.807) is 20.0 Å². The van der Waals surface area contributed by atoms with Gasteiger partial charge in [0.15, 0.2) is 11.2 Å². The van der Waals surface area contributed by atoms with Gasteiger partial charge in [-0.05, 0) is 81.8 Å². The molecule has 1 aromatic heterocycles. The van der Waals surface area contributed by atoms with Crippen molar-refractivity contribution in [2.75, 3.05) is 51.8 Å². The Morgan fingerprint density at radius 1 is 1.06 bits per heavy atom. The van der Waals surface area contributed by atoms with Crippen LogP contribution in [-0.2, 0) is 37.2 Å². The second kappa shape index (κ2) is 16.3. The first-order valence-electron chi connectivity index (χ1n) is 17.4. The number of nitriles is 1. The quantitative estimate of drug-likeness (QED) is 0.174. The van der Waals surface area contributed by atoms with E-state index >= 15 is 0 Å². The number of sulfonamides is 1. The fourth-order valence-corrected chi connectivity index (χ4v) is 7.77. The molecule has 2 fully saturated rings. The standard InChI is InChI=1S/C36H51N7O8S/c1-35(2,11-16-50-36(3,4)20-27-22-43(40-38-27)23-30-31(44)32(45)33(46)34(49-6)51-30)39-52(47,48)29(21-37)18-24-7-8-26-19-28(10-9-25(26)17-24)42-14-12-41(5)13-15-42/h7-10,17-19,22,30-34,39,44-46H,11-16,20,23H2,1-6H3/b29-18+/t30-,31-,32+,33-,34+/m1/s1. The van der Waals surface area contributed by atoms with Crippen molar-refractivity contribution in [3.8, 4) is 6.07 Å². The first-order valence-corrected chi connectivity index (χ1v) is 18.9. The predicted octanol–water partition coefficient (Wildman–Crippen LogP) is 1.63. The van der Waals surface area contributed by atoms with Crippen molar-refractivity contribution >= 4 is 32.6 Å². The third kappa shape index (κ3) is 9.92. The van der Waals surface area contributed by atoms with Gasteiger partial charge in [-0.15, -0.1) is 5.10 Å². The van der Waals surface area contributed by atoms with Crippen LogP contribution in [0.2, 0.25) is 0 Å². The number of hydrogen-bond acceptors (Lipinski definition) is 13. The van der Waals surface area contributed by atoms with Crippen molar-refractivity contribution in [1.82, 2.24) is 24.6 Å². The molecule has 0 aliphatic carbocycles. The number of allylic oxidation sites excluding steroid dienone is 1. The minimum absolute atomic E-state index is 0.0609. The molecule has 52 heavy (non-hydrogen) atoms. The van der Waals surface area contributed by atoms with Crippen LogP contribution in [0.4, 0.5) is 5.69 Å². The maximum absolute atomic E-state index is 13.4. The summed E-state index contributed by atoms with van der Waals surface area (Å²) in [6, 6.07) is 13.8. The van der Waals surface area contributed by atoms with E-state index in [-0.39, 0.29) is 18.1 Å². The number of benzene rings is 2. The lowest BCUT2D eigenvalue weighted by Gasteiger charge is -2.39. The number of rotatable bonds is 14. The van der Waals surface area contributed by atoms with Crippen molar-refractivity contribution in [3.05, 3.63) is 58.8 Å². The highest BCUT2D eigenvalue weighted by molar-refractivity contribution is 7.93. The smallest absolute Gasteiger partial charge is 0.251 e. The zero-order valence-corrected chi connectivity index (χ0v) is 31.5. The molecule has 284 valence electrons. The molecule has 0 spiro atoms. The first-order chi connectivity index (χ1) is 24.5. The molecule has 16 heteroatoms. The summed E-state index contributed by atoms with van der Waals surface area (Å²) in [5, 5.41) is 50.7. The average Bonchev–Trinajstić information content (AvgIpc) is 3.52. The van der Waals surface area contributed by atoms with Crippen LogP contribution in [0.3, 0.4) is 0 Å². The molecular formula is C36H51N7O8S. The van der Waals surface area contributed by atoms with Gasteiger partial charge in [0.1, 0.15) is 30.5 Å². The van der Waals surface area contributed by atoms with Crippen LogP contribution in [0, 0.1) is 11.3 Å². The first kappa shape index (κ1) is 39.7. The van der Waals surface area contributed by atoms with Gasteiger partial charge in [-0.3, -0.25) is 0 Å². The van der Waals surface area contributed by atoms with E-state index in [1.165, 1.54) is 17.9 Å². The van der Waals surface area contributed by atoms with Crippen molar-refractivity contribution in [2.45, 2.75) is 88.9 Å². The second-order valence-electron chi connectivity index (χ2n) is 14.9. The number of methoxy groups -OCH3 is 1. The Labute approximate surface area is 305 Å². The van der Waals surface area contributed by atoms with Gasteiger partial charge in [0.25, 0.3) is 10.0 Å². The number of fused-ring (bicyclic) bond motifs is 1. The molecule has 5 rings (SSSR count). The fourth-order valence-electron chi connectivity index (χ4n) is 6.42. The number of ether oxygens (including phenoxy) is 3. The molecule has 4 N–H and O–H groups in total. The zero-order chi connectivity index (χ0) is 37.8. The Morgan fingerprint density at radius 2 is 1.75 bits per heavy atom. The summed E-state index contributed by atoms with van der Waals surface area (Å²) in [6.07, 6.45) is -2.41. The summed E-state index contributed by atoms with van der Waals surface area (Å²) in [5.74, 6) is 0. The minimum atomic E-state index is -4.15. The summed E-state index contributed by atoms with van der Waals surface area (Å²) in [7, 11) is -0.693. The molecule has 0 bridgehead atoms. The van der Waals surface area contributed by atoms with Crippen LogP contribution < -0.4 is 9.62 Å². The van der Waals surface area contributed by atoms with E-state index in [0.29, 0.717) is 24.1 Å². The average molecular weight is 742 g/mol. The molecule has 0 radical (unpaired) electrons. The highest BCUT2D eigenvalue weighted by Gasteiger charge is 2.44. The third-order valence-corrected chi connectivity index (χ3v) is 11.1. The van der Waals surface area contributed by atoms with E-state index in [2.05, 4.69) is 44.0 Å². The SMILES string of the molecule is CO[C@H]1O[C@H](Cn2cc(CC(C)(C)OCCC(C)(C)NS(=O)(=O)/C(C#N)=C/c3ccc4cc(N5CCN(C)CC5)ccc4c3)nn2)[C@@H](O)[C@H](O)[C@H]1O. The van der Waals surface area contributed by atoms with Gasteiger partial charge in [0, 0.05) is 63.7 Å². The van der Waals surface area contributed by atoms with Gasteiger partial charge in [0.2, 0.25) is 0 Å². The topological polar surface area (TPSA) is 196 Å². The normalized spacial score (nSPS) is 24.0. The van der Waals surface area contributed by atoms with Gasteiger partial charge in [0.05, 0.1) is 17.8 Å². The van der Waals surface area contributed by atoms with Crippen molar-refractivity contribution in [2.24, 2.45) is 0 Å². The van der Waals surface area contributed by atoms with Gasteiger partial charge >= 0.3 is 0 Å². The Bertz CT molecular complexity index is 1870. The van der Waals surface area contributed by atoms with Crippen molar-refractivity contribution in [3.63, 3.8) is 0 Å². The molecule has 3 heterocycles. The molecule has 3 aromatic rings. The van der Waals surface area contributed by atoms with Gasteiger partial charge in [-0.25, -0.2) is 17.8 Å². The summed E-state index contributed by atoms with van der Waals surface area (Å²) < 4.78 is 47.7. The van der Waals surface area contributed by atoms with E-state index in [4.69, 9.17) is 14.2 Å². The van der Waals surface area contributed by atoms with Crippen LogP contribution >= 0.6 is 0 Å². The summed E-state index contributed by atoms with van der Waals surface area (Å²) in [6.45, 7) is 11.5. The van der Waals surface area contributed by atoms with Crippen molar-refractivity contribution < 1.29 is 37.9 Å². The second-order valence-corrected chi connectivity index (χ2v) is 16.6. The molecule has 2 aromatic carbocycles. The van der Waals surface area contributed by atoms with Crippen LogP contribution in [0.15, 0.2) is 47.5 Å². The number of anilines is 1. The lowest BCUT2D eigenvalue weighted by Crippen LogP contribution is -2.58. The largest absolute Gasteiger partial charge is 0.388 e. The maximum atomic E-state index is 13.4. The third-order valence-electron chi connectivity index (χ3n) is 9.51. The number of nitrogens with zero attached hydrogens (tertiary/aromatic N) is 6.